The van der Waals surface area contributed by atoms with Gasteiger partial charge in [0, 0.05) is 13.2 Å². The van der Waals surface area contributed by atoms with E-state index in [2.05, 4.69) is 5.32 Å². The lowest BCUT2D eigenvalue weighted by Gasteiger charge is -2.12. The maximum Gasteiger partial charge on any atom is 0.335 e. The first kappa shape index (κ1) is 15.3. The summed E-state index contributed by atoms with van der Waals surface area (Å²) in [6, 6.07) is 4.72. The second-order valence-electron chi connectivity index (χ2n) is 4.87. The third kappa shape index (κ3) is 3.95. The van der Waals surface area contributed by atoms with Crippen molar-refractivity contribution in [3.05, 3.63) is 29.3 Å². The van der Waals surface area contributed by atoms with E-state index in [1.54, 1.807) is 6.07 Å². The van der Waals surface area contributed by atoms with E-state index in [1.807, 2.05) is 0 Å². The number of hydrogen-bond acceptors (Lipinski definition) is 4. The van der Waals surface area contributed by atoms with Crippen LogP contribution in [0.5, 0.6) is 5.75 Å². The molecule has 1 aromatic rings. The van der Waals surface area contributed by atoms with E-state index in [4.69, 9.17) is 14.6 Å². The standard InChI is InChI=1S/C15H19NO5/c1-20-13-9-11(15(18)19)5-4-10(13)6-7-16-14(17)12-3-2-8-21-12/h4-5,9,12H,2-3,6-8H2,1H3,(H,16,17)(H,18,19). The average molecular weight is 293 g/mol. The van der Waals surface area contributed by atoms with E-state index in [0.717, 1.165) is 18.4 Å². The predicted molar refractivity (Wildman–Crippen MR) is 75.6 cm³/mol. The maximum atomic E-state index is 11.8. The summed E-state index contributed by atoms with van der Waals surface area (Å²) in [4.78, 5) is 22.7. The molecule has 1 amide bonds. The Bertz CT molecular complexity index is 523. The van der Waals surface area contributed by atoms with Crippen LogP contribution in [-0.2, 0) is 16.0 Å². The van der Waals surface area contributed by atoms with Crippen LogP contribution >= 0.6 is 0 Å². The van der Waals surface area contributed by atoms with Gasteiger partial charge in [0.1, 0.15) is 11.9 Å². The van der Waals surface area contributed by atoms with Crippen LogP contribution in [-0.4, -0.2) is 43.3 Å². The van der Waals surface area contributed by atoms with Crippen LogP contribution in [0.3, 0.4) is 0 Å². The molecule has 0 bridgehead atoms. The number of hydrogen-bond donors (Lipinski definition) is 2. The molecule has 1 aliphatic heterocycles. The molecule has 114 valence electrons. The molecule has 0 aliphatic carbocycles. The Morgan fingerprint density at radius 3 is 2.90 bits per heavy atom. The van der Waals surface area contributed by atoms with Crippen molar-refractivity contribution in [1.29, 1.82) is 0 Å². The highest BCUT2D eigenvalue weighted by Crippen LogP contribution is 2.20. The van der Waals surface area contributed by atoms with E-state index in [9.17, 15) is 9.59 Å². The first-order valence-corrected chi connectivity index (χ1v) is 6.91. The zero-order valence-corrected chi connectivity index (χ0v) is 11.9. The molecule has 2 rings (SSSR count). The summed E-state index contributed by atoms with van der Waals surface area (Å²) in [5.41, 5.74) is 1.04. The fourth-order valence-corrected chi connectivity index (χ4v) is 2.30. The molecule has 1 fully saturated rings. The fraction of sp³-hybridized carbons (Fsp3) is 0.467. The molecule has 2 N–H and O–H groups in total. The number of carbonyl (C=O) groups is 2. The molecule has 21 heavy (non-hydrogen) atoms. The maximum absolute atomic E-state index is 11.8. The van der Waals surface area contributed by atoms with Crippen molar-refractivity contribution in [3.8, 4) is 5.75 Å². The number of carboxylic acid groups (broad SMARTS) is 1. The molecule has 1 aliphatic rings. The first-order chi connectivity index (χ1) is 10.1. The number of carbonyl (C=O) groups excluding carboxylic acids is 1. The van der Waals surface area contributed by atoms with Gasteiger partial charge >= 0.3 is 5.97 Å². The molecule has 0 spiro atoms. The highest BCUT2D eigenvalue weighted by atomic mass is 16.5. The molecule has 1 atom stereocenters. The molecular weight excluding hydrogens is 274 g/mol. The molecule has 6 nitrogen and oxygen atoms in total. The van der Waals surface area contributed by atoms with Crippen LogP contribution < -0.4 is 10.1 Å². The van der Waals surface area contributed by atoms with E-state index < -0.39 is 5.97 Å². The minimum atomic E-state index is -0.994. The third-order valence-electron chi connectivity index (χ3n) is 3.45. The molecule has 0 radical (unpaired) electrons. The minimum absolute atomic E-state index is 0.0892. The number of aromatic carboxylic acids is 1. The molecule has 1 unspecified atom stereocenters. The number of methoxy groups -OCH3 is 1. The van der Waals surface area contributed by atoms with Crippen LogP contribution in [0.25, 0.3) is 0 Å². The molecule has 6 heteroatoms. The van der Waals surface area contributed by atoms with Gasteiger partial charge in [0.15, 0.2) is 0 Å². The van der Waals surface area contributed by atoms with Gasteiger partial charge in [-0.1, -0.05) is 6.07 Å². The van der Waals surface area contributed by atoms with E-state index >= 15 is 0 Å². The van der Waals surface area contributed by atoms with Crippen molar-refractivity contribution in [3.63, 3.8) is 0 Å². The predicted octanol–water partition coefficient (Wildman–Crippen LogP) is 1.23. The van der Waals surface area contributed by atoms with Gasteiger partial charge in [-0.2, -0.15) is 0 Å². The first-order valence-electron chi connectivity index (χ1n) is 6.91. The van der Waals surface area contributed by atoms with Gasteiger partial charge in [0.25, 0.3) is 0 Å². The van der Waals surface area contributed by atoms with Gasteiger partial charge in [-0.15, -0.1) is 0 Å². The Labute approximate surface area is 123 Å². The summed E-state index contributed by atoms with van der Waals surface area (Å²) < 4.78 is 10.5. The fourth-order valence-electron chi connectivity index (χ4n) is 2.30. The summed E-state index contributed by atoms with van der Waals surface area (Å²) >= 11 is 0. The zero-order chi connectivity index (χ0) is 15.2. The minimum Gasteiger partial charge on any atom is -0.496 e. The smallest absolute Gasteiger partial charge is 0.335 e. The van der Waals surface area contributed by atoms with Crippen LogP contribution in [0.2, 0.25) is 0 Å². The van der Waals surface area contributed by atoms with Gasteiger partial charge in [-0.25, -0.2) is 4.79 Å². The number of ether oxygens (including phenoxy) is 2. The largest absolute Gasteiger partial charge is 0.496 e. The zero-order valence-electron chi connectivity index (χ0n) is 11.9. The van der Waals surface area contributed by atoms with Crippen molar-refractivity contribution in [2.75, 3.05) is 20.3 Å². The molecular formula is C15H19NO5. The van der Waals surface area contributed by atoms with Crippen LogP contribution in [0.1, 0.15) is 28.8 Å². The van der Waals surface area contributed by atoms with Gasteiger partial charge in [0.05, 0.1) is 12.7 Å². The van der Waals surface area contributed by atoms with Crippen LogP contribution in [0.4, 0.5) is 0 Å². The van der Waals surface area contributed by atoms with Gasteiger partial charge in [0.2, 0.25) is 5.91 Å². The Balaban J connectivity index is 1.90. The molecule has 0 saturated carbocycles. The normalized spacial score (nSPS) is 17.5. The highest BCUT2D eigenvalue weighted by Gasteiger charge is 2.22. The number of rotatable bonds is 6. The Morgan fingerprint density at radius 2 is 2.29 bits per heavy atom. The Morgan fingerprint density at radius 1 is 1.48 bits per heavy atom. The number of nitrogens with one attached hydrogen (secondary N) is 1. The second-order valence-corrected chi connectivity index (χ2v) is 4.87. The van der Waals surface area contributed by atoms with E-state index in [-0.39, 0.29) is 17.6 Å². The SMILES string of the molecule is COc1cc(C(=O)O)ccc1CCNC(=O)C1CCCO1. The molecule has 1 aromatic carbocycles. The second kappa shape index (κ2) is 7.08. The number of amides is 1. The Hall–Kier alpha value is -2.08. The van der Waals surface area contributed by atoms with Crippen molar-refractivity contribution < 1.29 is 24.2 Å². The van der Waals surface area contributed by atoms with Crippen molar-refractivity contribution in [1.82, 2.24) is 5.32 Å². The summed E-state index contributed by atoms with van der Waals surface area (Å²) in [6.45, 7) is 1.10. The molecule has 1 saturated heterocycles. The summed E-state index contributed by atoms with van der Waals surface area (Å²) in [6.07, 6.45) is 1.92. The summed E-state index contributed by atoms with van der Waals surface area (Å²) in [7, 11) is 1.50. The monoisotopic (exact) mass is 293 g/mol. The van der Waals surface area contributed by atoms with Crippen LogP contribution in [0, 0.1) is 0 Å². The lowest BCUT2D eigenvalue weighted by atomic mass is 10.1. The highest BCUT2D eigenvalue weighted by molar-refractivity contribution is 5.88. The summed E-state index contributed by atoms with van der Waals surface area (Å²) in [5, 5.41) is 11.8. The lowest BCUT2D eigenvalue weighted by Crippen LogP contribution is -2.35. The molecule has 0 aromatic heterocycles. The number of benzene rings is 1. The van der Waals surface area contributed by atoms with Crippen molar-refractivity contribution in [2.24, 2.45) is 0 Å². The van der Waals surface area contributed by atoms with E-state index in [0.29, 0.717) is 25.3 Å². The molecule has 1 heterocycles. The topological polar surface area (TPSA) is 84.9 Å². The van der Waals surface area contributed by atoms with Crippen molar-refractivity contribution in [2.45, 2.75) is 25.4 Å². The Kier molecular flexibility index (Phi) is 5.16. The van der Waals surface area contributed by atoms with Crippen molar-refractivity contribution >= 4 is 11.9 Å². The van der Waals surface area contributed by atoms with Gasteiger partial charge < -0.3 is 19.9 Å². The quantitative estimate of drug-likeness (QED) is 0.824. The van der Waals surface area contributed by atoms with Crippen LogP contribution in [0.15, 0.2) is 18.2 Å². The number of carboxylic acids is 1. The van der Waals surface area contributed by atoms with Gasteiger partial charge in [-0.3, -0.25) is 4.79 Å². The lowest BCUT2D eigenvalue weighted by molar-refractivity contribution is -0.129. The average Bonchev–Trinajstić information content (AvgIpc) is 3.01. The van der Waals surface area contributed by atoms with E-state index in [1.165, 1.54) is 19.2 Å². The summed E-state index contributed by atoms with van der Waals surface area (Å²) in [5.74, 6) is -0.568. The van der Waals surface area contributed by atoms with Gasteiger partial charge in [-0.05, 0) is 37.0 Å². The third-order valence-corrected chi connectivity index (χ3v) is 3.45.